The Labute approximate surface area is 123 Å². The number of pyridine rings is 1. The number of nitrogens with zero attached hydrogens (tertiary/aromatic N) is 1. The van der Waals surface area contributed by atoms with E-state index in [1.165, 1.54) is 11.1 Å². The first-order valence-electron chi connectivity index (χ1n) is 6.84. The number of aromatic nitrogens is 1. The molecule has 0 saturated carbocycles. The SMILES string of the molecule is Cc1ccnc(Cl)c1NC1CCCc2cc(O)ccc21. The van der Waals surface area contributed by atoms with Gasteiger partial charge in [-0.2, -0.15) is 0 Å². The van der Waals surface area contributed by atoms with Crippen molar-refractivity contribution in [2.24, 2.45) is 0 Å². The molecule has 1 aliphatic rings. The number of hydrogen-bond donors (Lipinski definition) is 2. The lowest BCUT2D eigenvalue weighted by molar-refractivity contribution is 0.472. The first-order chi connectivity index (χ1) is 9.65. The van der Waals surface area contributed by atoms with Crippen LogP contribution in [-0.4, -0.2) is 10.1 Å². The van der Waals surface area contributed by atoms with Gasteiger partial charge in [-0.25, -0.2) is 4.98 Å². The zero-order chi connectivity index (χ0) is 14.1. The molecule has 0 bridgehead atoms. The molecule has 1 aliphatic carbocycles. The van der Waals surface area contributed by atoms with Crippen LogP contribution < -0.4 is 5.32 Å². The molecule has 0 aliphatic heterocycles. The van der Waals surface area contributed by atoms with E-state index in [0.29, 0.717) is 10.9 Å². The summed E-state index contributed by atoms with van der Waals surface area (Å²) in [6.07, 6.45) is 4.89. The number of halogens is 1. The van der Waals surface area contributed by atoms with E-state index in [-0.39, 0.29) is 6.04 Å². The van der Waals surface area contributed by atoms with Crippen molar-refractivity contribution in [1.29, 1.82) is 0 Å². The fourth-order valence-electron chi connectivity index (χ4n) is 2.82. The third-order valence-corrected chi connectivity index (χ3v) is 4.16. The zero-order valence-corrected chi connectivity index (χ0v) is 12.1. The third kappa shape index (κ3) is 2.46. The molecule has 1 aromatic carbocycles. The van der Waals surface area contributed by atoms with E-state index < -0.39 is 0 Å². The molecule has 1 unspecified atom stereocenters. The first kappa shape index (κ1) is 13.3. The smallest absolute Gasteiger partial charge is 0.152 e. The number of rotatable bonds is 2. The number of aromatic hydroxyl groups is 1. The summed E-state index contributed by atoms with van der Waals surface area (Å²) >= 11 is 6.19. The molecule has 1 atom stereocenters. The lowest BCUT2D eigenvalue weighted by Crippen LogP contribution is -2.18. The van der Waals surface area contributed by atoms with Gasteiger partial charge in [0.15, 0.2) is 5.15 Å². The lowest BCUT2D eigenvalue weighted by Gasteiger charge is -2.28. The Kier molecular flexibility index (Phi) is 3.53. The van der Waals surface area contributed by atoms with Gasteiger partial charge in [0.2, 0.25) is 0 Å². The second-order valence-electron chi connectivity index (χ2n) is 5.27. The topological polar surface area (TPSA) is 45.2 Å². The van der Waals surface area contributed by atoms with Gasteiger partial charge in [-0.05, 0) is 61.1 Å². The Balaban J connectivity index is 1.94. The Hall–Kier alpha value is -1.74. The van der Waals surface area contributed by atoms with Crippen LogP contribution in [0.3, 0.4) is 0 Å². The van der Waals surface area contributed by atoms with Gasteiger partial charge in [0, 0.05) is 6.20 Å². The molecule has 104 valence electrons. The van der Waals surface area contributed by atoms with Gasteiger partial charge in [0.05, 0.1) is 11.7 Å². The summed E-state index contributed by atoms with van der Waals surface area (Å²) in [6.45, 7) is 2.02. The van der Waals surface area contributed by atoms with Gasteiger partial charge >= 0.3 is 0 Å². The molecular formula is C16H17ClN2O. The summed E-state index contributed by atoms with van der Waals surface area (Å²) in [7, 11) is 0. The minimum Gasteiger partial charge on any atom is -0.508 e. The van der Waals surface area contributed by atoms with Crippen molar-refractivity contribution in [3.05, 3.63) is 52.3 Å². The van der Waals surface area contributed by atoms with E-state index in [1.807, 2.05) is 25.1 Å². The van der Waals surface area contributed by atoms with Gasteiger partial charge in [-0.3, -0.25) is 0 Å². The van der Waals surface area contributed by atoms with Crippen molar-refractivity contribution in [2.45, 2.75) is 32.2 Å². The second-order valence-corrected chi connectivity index (χ2v) is 5.62. The van der Waals surface area contributed by atoms with Crippen LogP contribution in [0.15, 0.2) is 30.5 Å². The number of nitrogens with one attached hydrogen (secondary N) is 1. The predicted molar refractivity (Wildman–Crippen MR) is 81.4 cm³/mol. The number of anilines is 1. The fraction of sp³-hybridized carbons (Fsp3) is 0.312. The summed E-state index contributed by atoms with van der Waals surface area (Å²) in [5.74, 6) is 0.333. The highest BCUT2D eigenvalue weighted by molar-refractivity contribution is 6.32. The Morgan fingerprint density at radius 1 is 1.35 bits per heavy atom. The number of hydrogen-bond acceptors (Lipinski definition) is 3. The molecule has 1 aromatic heterocycles. The number of benzene rings is 1. The molecule has 0 amide bonds. The van der Waals surface area contributed by atoms with Crippen LogP contribution in [0.5, 0.6) is 5.75 Å². The lowest BCUT2D eigenvalue weighted by atomic mass is 9.87. The van der Waals surface area contributed by atoms with Crippen molar-refractivity contribution in [3.63, 3.8) is 0 Å². The van der Waals surface area contributed by atoms with E-state index in [4.69, 9.17) is 11.6 Å². The molecule has 3 nitrogen and oxygen atoms in total. The van der Waals surface area contributed by atoms with Crippen LogP contribution in [0.25, 0.3) is 0 Å². The monoisotopic (exact) mass is 288 g/mol. The maximum absolute atomic E-state index is 9.60. The summed E-state index contributed by atoms with van der Waals surface area (Å²) < 4.78 is 0. The van der Waals surface area contributed by atoms with Crippen LogP contribution in [0, 0.1) is 6.92 Å². The summed E-state index contributed by atoms with van der Waals surface area (Å²) in [5.41, 5.74) is 4.45. The highest BCUT2D eigenvalue weighted by atomic mass is 35.5. The van der Waals surface area contributed by atoms with Gasteiger partial charge in [-0.1, -0.05) is 17.7 Å². The Morgan fingerprint density at radius 3 is 3.00 bits per heavy atom. The van der Waals surface area contributed by atoms with Crippen molar-refractivity contribution in [3.8, 4) is 5.75 Å². The number of fused-ring (bicyclic) bond motifs is 1. The van der Waals surface area contributed by atoms with E-state index >= 15 is 0 Å². The number of phenolic OH excluding ortho intramolecular Hbond substituents is 1. The molecule has 0 saturated heterocycles. The van der Waals surface area contributed by atoms with Crippen LogP contribution in [-0.2, 0) is 6.42 Å². The average Bonchev–Trinajstić information content (AvgIpc) is 2.42. The first-order valence-corrected chi connectivity index (χ1v) is 7.22. The molecule has 1 heterocycles. The highest BCUT2D eigenvalue weighted by Gasteiger charge is 2.21. The Bertz CT molecular complexity index is 622. The second kappa shape index (κ2) is 5.33. The average molecular weight is 289 g/mol. The Morgan fingerprint density at radius 2 is 2.20 bits per heavy atom. The molecule has 2 N–H and O–H groups in total. The maximum Gasteiger partial charge on any atom is 0.152 e. The van der Waals surface area contributed by atoms with Crippen molar-refractivity contribution < 1.29 is 5.11 Å². The predicted octanol–water partition coefficient (Wildman–Crippen LogP) is 4.24. The molecule has 3 rings (SSSR count). The summed E-state index contributed by atoms with van der Waals surface area (Å²) in [5, 5.41) is 13.6. The van der Waals surface area contributed by atoms with E-state index in [1.54, 1.807) is 12.3 Å². The zero-order valence-electron chi connectivity index (χ0n) is 11.4. The van der Waals surface area contributed by atoms with Gasteiger partial charge in [0.25, 0.3) is 0 Å². The molecular weight excluding hydrogens is 272 g/mol. The minimum atomic E-state index is 0.222. The third-order valence-electron chi connectivity index (χ3n) is 3.87. The molecule has 0 spiro atoms. The van der Waals surface area contributed by atoms with Crippen molar-refractivity contribution in [2.75, 3.05) is 5.32 Å². The normalized spacial score (nSPS) is 17.6. The van der Waals surface area contributed by atoms with Crippen molar-refractivity contribution >= 4 is 17.3 Å². The molecule has 2 aromatic rings. The van der Waals surface area contributed by atoms with Crippen LogP contribution >= 0.6 is 11.6 Å². The van der Waals surface area contributed by atoms with Crippen molar-refractivity contribution in [1.82, 2.24) is 4.98 Å². The fourth-order valence-corrected chi connectivity index (χ4v) is 3.08. The largest absolute Gasteiger partial charge is 0.508 e. The van der Waals surface area contributed by atoms with Gasteiger partial charge < -0.3 is 10.4 Å². The number of aryl methyl sites for hydroxylation is 2. The van der Waals surface area contributed by atoms with E-state index in [2.05, 4.69) is 10.3 Å². The summed E-state index contributed by atoms with van der Waals surface area (Å²) in [4.78, 5) is 4.14. The molecule has 4 heteroatoms. The number of phenols is 1. The summed E-state index contributed by atoms with van der Waals surface area (Å²) in [6, 6.07) is 7.78. The van der Waals surface area contributed by atoms with Gasteiger partial charge in [-0.15, -0.1) is 0 Å². The van der Waals surface area contributed by atoms with E-state index in [9.17, 15) is 5.11 Å². The quantitative estimate of drug-likeness (QED) is 0.813. The van der Waals surface area contributed by atoms with E-state index in [0.717, 1.165) is 30.5 Å². The highest BCUT2D eigenvalue weighted by Crippen LogP contribution is 2.36. The standard InChI is InChI=1S/C16H17ClN2O/c1-10-7-8-18-16(17)15(10)19-14-4-2-3-11-9-12(20)5-6-13(11)14/h5-9,14,19-20H,2-4H2,1H3. The van der Waals surface area contributed by atoms with Crippen LogP contribution in [0.1, 0.15) is 35.6 Å². The molecule has 0 radical (unpaired) electrons. The molecule has 0 fully saturated rings. The molecule has 20 heavy (non-hydrogen) atoms. The van der Waals surface area contributed by atoms with Crippen LogP contribution in [0.2, 0.25) is 5.15 Å². The maximum atomic E-state index is 9.60. The van der Waals surface area contributed by atoms with Crippen LogP contribution in [0.4, 0.5) is 5.69 Å². The van der Waals surface area contributed by atoms with Gasteiger partial charge in [0.1, 0.15) is 5.75 Å². The minimum absolute atomic E-state index is 0.222.